The summed E-state index contributed by atoms with van der Waals surface area (Å²) in [5.41, 5.74) is 3.69. The van der Waals surface area contributed by atoms with E-state index in [1.807, 2.05) is 29.0 Å². The second kappa shape index (κ2) is 9.44. The Morgan fingerprint density at radius 2 is 2.00 bits per heavy atom. The van der Waals surface area contributed by atoms with E-state index in [1.54, 1.807) is 0 Å². The molecule has 1 aromatic carbocycles. The van der Waals surface area contributed by atoms with Crippen molar-refractivity contribution >= 4 is 6.09 Å². The molecule has 0 N–H and O–H groups in total. The first-order valence-corrected chi connectivity index (χ1v) is 10.6. The first-order valence-electron chi connectivity index (χ1n) is 10.6. The minimum absolute atomic E-state index is 0.0297. The number of benzene rings is 1. The molecule has 1 amide bonds. The Hall–Kier alpha value is -2.34. The molecule has 3 rings (SSSR count). The van der Waals surface area contributed by atoms with Crippen LogP contribution in [0.25, 0.3) is 11.1 Å². The molecule has 0 spiro atoms. The Balaban J connectivity index is 1.78. The van der Waals surface area contributed by atoms with Crippen molar-refractivity contribution in [3.63, 3.8) is 0 Å². The topological polar surface area (TPSA) is 50.6 Å². The quantitative estimate of drug-likeness (QED) is 0.664. The lowest BCUT2D eigenvalue weighted by atomic mass is 9.72. The van der Waals surface area contributed by atoms with Gasteiger partial charge in [-0.1, -0.05) is 37.6 Å². The van der Waals surface area contributed by atoms with Crippen LogP contribution in [0.4, 0.5) is 4.79 Å². The summed E-state index contributed by atoms with van der Waals surface area (Å²) in [6.45, 7) is 5.04. The molecule has 1 aliphatic heterocycles. The van der Waals surface area contributed by atoms with Crippen LogP contribution in [-0.4, -0.2) is 66.0 Å². The molecule has 0 atom stereocenters. The van der Waals surface area contributed by atoms with E-state index in [-0.39, 0.29) is 11.5 Å². The zero-order valence-corrected chi connectivity index (χ0v) is 18.2. The summed E-state index contributed by atoms with van der Waals surface area (Å²) >= 11 is 0. The Morgan fingerprint density at radius 1 is 1.24 bits per heavy atom. The molecule has 6 nitrogen and oxygen atoms in total. The number of amides is 1. The molecule has 0 aliphatic carbocycles. The third-order valence-electron chi connectivity index (χ3n) is 5.83. The molecular formula is C23H34N4O2. The van der Waals surface area contributed by atoms with Gasteiger partial charge in [-0.2, -0.15) is 5.10 Å². The molecule has 0 saturated carbocycles. The molecule has 1 saturated heterocycles. The van der Waals surface area contributed by atoms with E-state index in [1.165, 1.54) is 11.1 Å². The van der Waals surface area contributed by atoms with Crippen LogP contribution in [0.2, 0.25) is 0 Å². The number of rotatable bonds is 7. The van der Waals surface area contributed by atoms with Crippen molar-refractivity contribution < 1.29 is 9.53 Å². The molecule has 1 aromatic heterocycles. The summed E-state index contributed by atoms with van der Waals surface area (Å²) in [5, 5.41) is 4.31. The van der Waals surface area contributed by atoms with Crippen LogP contribution in [0.1, 0.15) is 38.2 Å². The summed E-state index contributed by atoms with van der Waals surface area (Å²) in [6.07, 6.45) is 7.62. The summed E-state index contributed by atoms with van der Waals surface area (Å²) in [6, 6.07) is 8.82. The first kappa shape index (κ1) is 21.4. The minimum atomic E-state index is -0.166. The number of ether oxygens (including phenoxy) is 1. The molecule has 158 valence electrons. The lowest BCUT2D eigenvalue weighted by Crippen LogP contribution is -2.49. The number of unbranched alkanes of at least 4 members (excludes halogenated alkanes) is 1. The third kappa shape index (κ3) is 5.18. The highest BCUT2D eigenvalue weighted by Crippen LogP contribution is 2.38. The average Bonchev–Trinajstić information content (AvgIpc) is 3.15. The molecule has 6 heteroatoms. The largest absolute Gasteiger partial charge is 0.449 e. The summed E-state index contributed by atoms with van der Waals surface area (Å²) in [4.78, 5) is 16.5. The summed E-state index contributed by atoms with van der Waals surface area (Å²) < 4.78 is 7.26. The van der Waals surface area contributed by atoms with Crippen molar-refractivity contribution in [3.05, 3.63) is 42.2 Å². The normalized spacial score (nSPS) is 16.2. The second-order valence-corrected chi connectivity index (χ2v) is 8.46. The summed E-state index contributed by atoms with van der Waals surface area (Å²) in [7, 11) is 6.19. The van der Waals surface area contributed by atoms with E-state index in [9.17, 15) is 4.79 Å². The van der Waals surface area contributed by atoms with Crippen molar-refractivity contribution in [2.45, 2.75) is 38.0 Å². The number of likely N-dealkylation sites (N-methyl/N-ethyl adjacent to an activating group) is 1. The van der Waals surface area contributed by atoms with Gasteiger partial charge in [-0.25, -0.2) is 4.79 Å². The molecule has 0 unspecified atom stereocenters. The van der Waals surface area contributed by atoms with Crippen LogP contribution >= 0.6 is 0 Å². The fraction of sp³-hybridized carbons (Fsp3) is 0.565. The van der Waals surface area contributed by atoms with E-state index in [2.05, 4.69) is 55.3 Å². The van der Waals surface area contributed by atoms with Crippen LogP contribution in [0.3, 0.4) is 0 Å². The molecule has 2 heterocycles. The van der Waals surface area contributed by atoms with Crippen molar-refractivity contribution in [1.29, 1.82) is 0 Å². The third-order valence-corrected chi connectivity index (χ3v) is 5.83. The van der Waals surface area contributed by atoms with E-state index < -0.39 is 0 Å². The molecule has 0 bridgehead atoms. The number of aromatic nitrogens is 2. The van der Waals surface area contributed by atoms with Crippen LogP contribution in [0.5, 0.6) is 0 Å². The van der Waals surface area contributed by atoms with Gasteiger partial charge in [-0.3, -0.25) is 4.68 Å². The highest BCUT2D eigenvalue weighted by atomic mass is 16.6. The van der Waals surface area contributed by atoms with Gasteiger partial charge < -0.3 is 14.5 Å². The van der Waals surface area contributed by atoms with Gasteiger partial charge in [0, 0.05) is 43.9 Å². The number of likely N-dealkylation sites (tertiary alicyclic amines) is 1. The van der Waals surface area contributed by atoms with Gasteiger partial charge in [0.25, 0.3) is 0 Å². The second-order valence-electron chi connectivity index (χ2n) is 8.46. The highest BCUT2D eigenvalue weighted by molar-refractivity contribution is 5.68. The molecular weight excluding hydrogens is 364 g/mol. The van der Waals surface area contributed by atoms with Gasteiger partial charge >= 0.3 is 6.09 Å². The highest BCUT2D eigenvalue weighted by Gasteiger charge is 2.38. The van der Waals surface area contributed by atoms with Gasteiger partial charge in [0.2, 0.25) is 0 Å². The van der Waals surface area contributed by atoms with Gasteiger partial charge in [0.05, 0.1) is 12.8 Å². The summed E-state index contributed by atoms with van der Waals surface area (Å²) in [5.74, 6) is 0. The predicted molar refractivity (Wildman–Crippen MR) is 116 cm³/mol. The fourth-order valence-corrected chi connectivity index (χ4v) is 4.25. The Kier molecular flexibility index (Phi) is 6.96. The monoisotopic (exact) mass is 398 g/mol. The standard InChI is InChI=1S/C23H34N4O2/c1-5-6-14-29-22(28)27-12-10-23(11-13-27,18-25(2)3)21-9-7-8-19(15-21)20-16-24-26(4)17-20/h7-9,15-17H,5-6,10-14,18H2,1-4H3. The maximum absolute atomic E-state index is 12.4. The number of carbonyl (C=O) groups is 1. The SMILES string of the molecule is CCCCOC(=O)N1CCC(CN(C)C)(c2cccc(-c3cnn(C)c3)c2)CC1. The van der Waals surface area contributed by atoms with Gasteiger partial charge in [0.15, 0.2) is 0 Å². The van der Waals surface area contributed by atoms with Gasteiger partial charge in [0.1, 0.15) is 0 Å². The van der Waals surface area contributed by atoms with E-state index in [4.69, 9.17) is 4.74 Å². The van der Waals surface area contributed by atoms with Crippen LogP contribution in [0.15, 0.2) is 36.7 Å². The fourth-order valence-electron chi connectivity index (χ4n) is 4.25. The number of carbonyl (C=O) groups excluding carboxylic acids is 1. The Bertz CT molecular complexity index is 807. The molecule has 2 aromatic rings. The number of hydrogen-bond donors (Lipinski definition) is 0. The van der Waals surface area contributed by atoms with E-state index in [0.717, 1.165) is 50.9 Å². The lowest BCUT2D eigenvalue weighted by Gasteiger charge is -2.43. The minimum Gasteiger partial charge on any atom is -0.449 e. The predicted octanol–water partition coefficient (Wildman–Crippen LogP) is 3.92. The first-order chi connectivity index (χ1) is 13.9. The van der Waals surface area contributed by atoms with E-state index >= 15 is 0 Å². The zero-order valence-electron chi connectivity index (χ0n) is 18.2. The Morgan fingerprint density at radius 3 is 2.62 bits per heavy atom. The average molecular weight is 399 g/mol. The Labute approximate surface area is 174 Å². The number of piperidine rings is 1. The van der Waals surface area contributed by atoms with Gasteiger partial charge in [-0.05, 0) is 44.5 Å². The van der Waals surface area contributed by atoms with Gasteiger partial charge in [-0.15, -0.1) is 0 Å². The lowest BCUT2D eigenvalue weighted by molar-refractivity contribution is 0.0766. The zero-order chi connectivity index (χ0) is 20.9. The molecule has 1 fully saturated rings. The van der Waals surface area contributed by atoms with Crippen LogP contribution in [-0.2, 0) is 17.2 Å². The van der Waals surface area contributed by atoms with Crippen LogP contribution < -0.4 is 0 Å². The van der Waals surface area contributed by atoms with Crippen molar-refractivity contribution in [1.82, 2.24) is 19.6 Å². The molecule has 29 heavy (non-hydrogen) atoms. The maximum atomic E-state index is 12.4. The number of aryl methyl sites for hydroxylation is 1. The smallest absolute Gasteiger partial charge is 0.409 e. The number of nitrogens with zero attached hydrogens (tertiary/aromatic N) is 4. The van der Waals surface area contributed by atoms with Crippen LogP contribution in [0, 0.1) is 0 Å². The molecule has 1 aliphatic rings. The van der Waals surface area contributed by atoms with Crippen molar-refractivity contribution in [3.8, 4) is 11.1 Å². The number of hydrogen-bond acceptors (Lipinski definition) is 4. The van der Waals surface area contributed by atoms with Crippen molar-refractivity contribution in [2.75, 3.05) is 40.3 Å². The maximum Gasteiger partial charge on any atom is 0.409 e. The van der Waals surface area contributed by atoms with Crippen molar-refractivity contribution in [2.24, 2.45) is 7.05 Å². The van der Waals surface area contributed by atoms with E-state index in [0.29, 0.717) is 6.61 Å². The molecule has 0 radical (unpaired) electrons.